The van der Waals surface area contributed by atoms with Crippen molar-refractivity contribution < 1.29 is 14.3 Å². The van der Waals surface area contributed by atoms with Gasteiger partial charge < -0.3 is 14.5 Å². The zero-order valence-corrected chi connectivity index (χ0v) is 12.6. The van der Waals surface area contributed by atoms with E-state index in [-0.39, 0.29) is 11.6 Å². The van der Waals surface area contributed by atoms with E-state index in [1.54, 1.807) is 34.9 Å². The number of esters is 1. The van der Waals surface area contributed by atoms with E-state index < -0.39 is 5.97 Å². The van der Waals surface area contributed by atoms with Gasteiger partial charge in [-0.1, -0.05) is 0 Å². The number of aromatic nitrogens is 3. The van der Waals surface area contributed by atoms with Gasteiger partial charge in [-0.2, -0.15) is 0 Å². The monoisotopic (exact) mass is 310 g/mol. The molecule has 0 bridgehead atoms. The highest BCUT2D eigenvalue weighted by Crippen LogP contribution is 2.21. The molecule has 7 heteroatoms. The van der Waals surface area contributed by atoms with E-state index >= 15 is 0 Å². The molecule has 3 aromatic rings. The van der Waals surface area contributed by atoms with E-state index in [0.29, 0.717) is 11.4 Å². The molecule has 0 aliphatic carbocycles. The Kier molecular flexibility index (Phi) is 3.76. The van der Waals surface area contributed by atoms with Crippen molar-refractivity contribution >= 4 is 23.2 Å². The third kappa shape index (κ3) is 3.03. The molecule has 3 aromatic heterocycles. The Morgan fingerprint density at radius 2 is 2.04 bits per heavy atom. The minimum absolute atomic E-state index is 0.137. The number of carbonyl (C=O) groups excluding carboxylic acids is 2. The minimum Gasteiger partial charge on any atom is -0.464 e. The molecule has 0 aliphatic heterocycles. The first-order valence-electron chi connectivity index (χ1n) is 6.88. The third-order valence-electron chi connectivity index (χ3n) is 3.22. The number of hydrogen-bond donors (Lipinski definition) is 1. The molecule has 3 heterocycles. The van der Waals surface area contributed by atoms with Gasteiger partial charge >= 0.3 is 5.97 Å². The molecule has 116 valence electrons. The summed E-state index contributed by atoms with van der Waals surface area (Å²) in [6, 6.07) is 6.97. The average Bonchev–Trinajstić information content (AvgIpc) is 2.97. The number of pyridine rings is 2. The average molecular weight is 310 g/mol. The SMILES string of the molecule is COC(=O)c1cc(-c2cn3cc(NC(C)=O)ccc3n2)ccn1. The summed E-state index contributed by atoms with van der Waals surface area (Å²) in [5.41, 5.74) is 3.08. The summed E-state index contributed by atoms with van der Waals surface area (Å²) >= 11 is 0. The van der Waals surface area contributed by atoms with Gasteiger partial charge in [0.15, 0.2) is 0 Å². The van der Waals surface area contributed by atoms with Crippen LogP contribution in [0.5, 0.6) is 0 Å². The normalized spacial score (nSPS) is 10.5. The predicted molar refractivity (Wildman–Crippen MR) is 84.1 cm³/mol. The molecular weight excluding hydrogens is 296 g/mol. The molecule has 0 spiro atoms. The van der Waals surface area contributed by atoms with Gasteiger partial charge in [-0.3, -0.25) is 4.79 Å². The van der Waals surface area contributed by atoms with E-state index in [1.807, 2.05) is 6.20 Å². The molecule has 0 aromatic carbocycles. The molecule has 0 aliphatic rings. The Morgan fingerprint density at radius 1 is 1.22 bits per heavy atom. The lowest BCUT2D eigenvalue weighted by molar-refractivity contribution is -0.114. The number of hydrogen-bond acceptors (Lipinski definition) is 5. The first kappa shape index (κ1) is 14.7. The lowest BCUT2D eigenvalue weighted by Gasteiger charge is -2.01. The Balaban J connectivity index is 2.00. The lowest BCUT2D eigenvalue weighted by atomic mass is 10.2. The number of imidazole rings is 1. The van der Waals surface area contributed by atoms with Crippen LogP contribution >= 0.6 is 0 Å². The first-order chi connectivity index (χ1) is 11.1. The number of amides is 1. The van der Waals surface area contributed by atoms with Gasteiger partial charge in [0.1, 0.15) is 11.3 Å². The van der Waals surface area contributed by atoms with Crippen molar-refractivity contribution in [3.8, 4) is 11.3 Å². The maximum Gasteiger partial charge on any atom is 0.356 e. The summed E-state index contributed by atoms with van der Waals surface area (Å²) in [6.45, 7) is 1.45. The van der Waals surface area contributed by atoms with Crippen molar-refractivity contribution in [1.29, 1.82) is 0 Å². The number of nitrogens with zero attached hydrogens (tertiary/aromatic N) is 3. The molecule has 7 nitrogen and oxygen atoms in total. The summed E-state index contributed by atoms with van der Waals surface area (Å²) in [6.07, 6.45) is 5.13. The maximum absolute atomic E-state index is 11.6. The Bertz CT molecular complexity index is 901. The van der Waals surface area contributed by atoms with Crippen molar-refractivity contribution in [2.24, 2.45) is 0 Å². The molecule has 0 saturated heterocycles. The molecule has 0 unspecified atom stereocenters. The molecule has 0 radical (unpaired) electrons. The highest BCUT2D eigenvalue weighted by molar-refractivity contribution is 5.89. The van der Waals surface area contributed by atoms with Crippen LogP contribution in [0, 0.1) is 0 Å². The van der Waals surface area contributed by atoms with Crippen LogP contribution in [0.15, 0.2) is 42.9 Å². The van der Waals surface area contributed by atoms with Crippen molar-refractivity contribution in [2.75, 3.05) is 12.4 Å². The van der Waals surface area contributed by atoms with Gasteiger partial charge in [-0.05, 0) is 24.3 Å². The quantitative estimate of drug-likeness (QED) is 0.749. The Morgan fingerprint density at radius 3 is 2.78 bits per heavy atom. The number of nitrogens with one attached hydrogen (secondary N) is 1. The molecule has 23 heavy (non-hydrogen) atoms. The molecule has 1 amide bonds. The number of ether oxygens (including phenoxy) is 1. The Labute approximate surface area is 131 Å². The minimum atomic E-state index is -0.497. The standard InChI is InChI=1S/C16H14N4O3/c1-10(21)18-12-3-4-15-19-14(9-20(15)8-12)11-5-6-17-13(7-11)16(22)23-2/h3-9H,1-2H3,(H,18,21). The van der Waals surface area contributed by atoms with Crippen LogP contribution in [0.3, 0.4) is 0 Å². The number of rotatable bonds is 3. The predicted octanol–water partition coefficient (Wildman–Crippen LogP) is 2.14. The van der Waals surface area contributed by atoms with Gasteiger partial charge in [-0.25, -0.2) is 14.8 Å². The second-order valence-corrected chi connectivity index (χ2v) is 4.91. The fourth-order valence-corrected chi connectivity index (χ4v) is 2.21. The molecule has 0 fully saturated rings. The van der Waals surface area contributed by atoms with E-state index in [1.165, 1.54) is 20.2 Å². The fourth-order valence-electron chi connectivity index (χ4n) is 2.21. The van der Waals surface area contributed by atoms with Crippen molar-refractivity contribution in [3.63, 3.8) is 0 Å². The molecule has 0 atom stereocenters. The number of fused-ring (bicyclic) bond motifs is 1. The van der Waals surface area contributed by atoms with Gasteiger partial charge in [0, 0.05) is 31.1 Å². The summed E-state index contributed by atoms with van der Waals surface area (Å²) in [5.74, 6) is -0.634. The van der Waals surface area contributed by atoms with Crippen LogP contribution < -0.4 is 5.32 Å². The number of anilines is 1. The zero-order chi connectivity index (χ0) is 16.4. The molecular formula is C16H14N4O3. The van der Waals surface area contributed by atoms with Crippen LogP contribution in [0.4, 0.5) is 5.69 Å². The second-order valence-electron chi connectivity index (χ2n) is 4.91. The summed E-state index contributed by atoms with van der Waals surface area (Å²) in [4.78, 5) is 31.2. The van der Waals surface area contributed by atoms with Crippen LogP contribution in [0.25, 0.3) is 16.9 Å². The van der Waals surface area contributed by atoms with Crippen molar-refractivity contribution in [2.45, 2.75) is 6.92 Å². The largest absolute Gasteiger partial charge is 0.464 e. The van der Waals surface area contributed by atoms with Crippen LogP contribution in [-0.2, 0) is 9.53 Å². The highest BCUT2D eigenvalue weighted by Gasteiger charge is 2.11. The number of methoxy groups -OCH3 is 1. The van der Waals surface area contributed by atoms with Gasteiger partial charge in [0.25, 0.3) is 0 Å². The highest BCUT2D eigenvalue weighted by atomic mass is 16.5. The van der Waals surface area contributed by atoms with E-state index in [4.69, 9.17) is 0 Å². The Hall–Kier alpha value is -3.22. The van der Waals surface area contributed by atoms with Crippen molar-refractivity contribution in [1.82, 2.24) is 14.4 Å². The van der Waals surface area contributed by atoms with Gasteiger partial charge in [0.05, 0.1) is 18.5 Å². The molecule has 1 N–H and O–H groups in total. The molecule has 3 rings (SSSR count). The van der Waals surface area contributed by atoms with Gasteiger partial charge in [-0.15, -0.1) is 0 Å². The summed E-state index contributed by atoms with van der Waals surface area (Å²) < 4.78 is 6.48. The first-order valence-corrected chi connectivity index (χ1v) is 6.88. The van der Waals surface area contributed by atoms with Crippen LogP contribution in [0.1, 0.15) is 17.4 Å². The van der Waals surface area contributed by atoms with Crippen molar-refractivity contribution in [3.05, 3.63) is 48.5 Å². The van der Waals surface area contributed by atoms with E-state index in [0.717, 1.165) is 11.2 Å². The smallest absolute Gasteiger partial charge is 0.356 e. The van der Waals surface area contributed by atoms with Gasteiger partial charge in [0.2, 0.25) is 5.91 Å². The van der Waals surface area contributed by atoms with E-state index in [2.05, 4.69) is 20.0 Å². The number of carbonyl (C=O) groups is 2. The third-order valence-corrected chi connectivity index (χ3v) is 3.22. The lowest BCUT2D eigenvalue weighted by Crippen LogP contribution is -2.06. The maximum atomic E-state index is 11.6. The zero-order valence-electron chi connectivity index (χ0n) is 12.6. The van der Waals surface area contributed by atoms with E-state index in [9.17, 15) is 9.59 Å². The second kappa shape index (κ2) is 5.88. The topological polar surface area (TPSA) is 85.6 Å². The summed E-state index contributed by atoms with van der Waals surface area (Å²) in [7, 11) is 1.31. The van der Waals surface area contributed by atoms with Crippen LogP contribution in [-0.4, -0.2) is 33.4 Å². The molecule has 0 saturated carbocycles. The summed E-state index contributed by atoms with van der Waals surface area (Å²) in [5, 5.41) is 2.72. The van der Waals surface area contributed by atoms with Crippen LogP contribution in [0.2, 0.25) is 0 Å². The fraction of sp³-hybridized carbons (Fsp3) is 0.125.